The van der Waals surface area contributed by atoms with Gasteiger partial charge in [0.05, 0.1) is 11.4 Å². The molecular formula is C18H23N5O3S. The molecule has 2 heterocycles. The van der Waals surface area contributed by atoms with Gasteiger partial charge in [-0.3, -0.25) is 9.48 Å². The highest BCUT2D eigenvalue weighted by Gasteiger charge is 2.30. The number of fused-ring (bicyclic) bond motifs is 1. The van der Waals surface area contributed by atoms with E-state index in [1.165, 1.54) is 16.2 Å². The summed E-state index contributed by atoms with van der Waals surface area (Å²) in [6, 6.07) is 5.49. The summed E-state index contributed by atoms with van der Waals surface area (Å²) < 4.78 is 29.0. The Hall–Kier alpha value is -2.26. The summed E-state index contributed by atoms with van der Waals surface area (Å²) in [6.45, 7) is 1.97. The van der Waals surface area contributed by atoms with Gasteiger partial charge in [0.2, 0.25) is 15.9 Å². The number of piperazine rings is 1. The van der Waals surface area contributed by atoms with Gasteiger partial charge in [0.1, 0.15) is 12.7 Å². The zero-order valence-electron chi connectivity index (χ0n) is 15.1. The van der Waals surface area contributed by atoms with Crippen molar-refractivity contribution in [2.24, 2.45) is 0 Å². The highest BCUT2D eigenvalue weighted by molar-refractivity contribution is 7.89. The van der Waals surface area contributed by atoms with Crippen molar-refractivity contribution >= 4 is 15.9 Å². The van der Waals surface area contributed by atoms with Crippen molar-refractivity contribution in [3.05, 3.63) is 42.0 Å². The molecule has 0 unspecified atom stereocenters. The van der Waals surface area contributed by atoms with Crippen molar-refractivity contribution in [2.75, 3.05) is 26.2 Å². The van der Waals surface area contributed by atoms with Gasteiger partial charge in [0, 0.05) is 32.6 Å². The molecule has 144 valence electrons. The van der Waals surface area contributed by atoms with Gasteiger partial charge >= 0.3 is 0 Å². The standard InChI is InChI=1S/C18H23N5O3S/c24-18(6-7-22-14-19-13-20-22)21-8-10-23(11-9-21)27(25,26)17-5-4-15-2-1-3-16(15)12-17/h4-5,12-14H,1-3,6-11H2. The first kappa shape index (κ1) is 18.1. The van der Waals surface area contributed by atoms with Crippen molar-refractivity contribution in [3.63, 3.8) is 0 Å². The number of carbonyl (C=O) groups is 1. The van der Waals surface area contributed by atoms with Crippen LogP contribution in [0.5, 0.6) is 0 Å². The molecule has 1 fully saturated rings. The summed E-state index contributed by atoms with van der Waals surface area (Å²) in [7, 11) is -3.51. The van der Waals surface area contributed by atoms with E-state index in [4.69, 9.17) is 0 Å². The summed E-state index contributed by atoms with van der Waals surface area (Å²) in [6.07, 6.45) is 6.43. The number of hydrogen-bond acceptors (Lipinski definition) is 5. The van der Waals surface area contributed by atoms with Gasteiger partial charge in [-0.1, -0.05) is 6.07 Å². The molecule has 1 aromatic carbocycles. The molecule has 1 saturated heterocycles. The Morgan fingerprint density at radius 1 is 1.07 bits per heavy atom. The third-order valence-electron chi connectivity index (χ3n) is 5.32. The molecule has 4 rings (SSSR count). The monoisotopic (exact) mass is 389 g/mol. The van der Waals surface area contributed by atoms with Gasteiger partial charge in [0.25, 0.3) is 0 Å². The molecule has 1 aromatic heterocycles. The van der Waals surface area contributed by atoms with Crippen molar-refractivity contribution in [3.8, 4) is 0 Å². The number of hydrogen-bond donors (Lipinski definition) is 0. The van der Waals surface area contributed by atoms with Crippen molar-refractivity contribution < 1.29 is 13.2 Å². The van der Waals surface area contributed by atoms with E-state index in [-0.39, 0.29) is 5.91 Å². The van der Waals surface area contributed by atoms with E-state index in [1.807, 2.05) is 12.1 Å². The molecule has 1 aliphatic carbocycles. The number of amides is 1. The van der Waals surface area contributed by atoms with Crippen LogP contribution < -0.4 is 0 Å². The van der Waals surface area contributed by atoms with E-state index < -0.39 is 10.0 Å². The summed E-state index contributed by atoms with van der Waals surface area (Å²) in [5.74, 6) is 0.0140. The van der Waals surface area contributed by atoms with Gasteiger partial charge < -0.3 is 4.90 Å². The maximum absolute atomic E-state index is 12.9. The molecule has 1 amide bonds. The number of rotatable bonds is 5. The summed E-state index contributed by atoms with van der Waals surface area (Å²) in [5.41, 5.74) is 2.41. The van der Waals surface area contributed by atoms with E-state index in [9.17, 15) is 13.2 Å². The van der Waals surface area contributed by atoms with Crippen LogP contribution >= 0.6 is 0 Å². The Kier molecular flexibility index (Phi) is 4.96. The predicted molar refractivity (Wildman–Crippen MR) is 98.4 cm³/mol. The molecule has 0 N–H and O–H groups in total. The van der Waals surface area contributed by atoms with Crippen LogP contribution in [-0.2, 0) is 34.2 Å². The van der Waals surface area contributed by atoms with Crippen LogP contribution in [0.15, 0.2) is 35.7 Å². The molecule has 0 spiro atoms. The smallest absolute Gasteiger partial charge is 0.243 e. The van der Waals surface area contributed by atoms with Crippen LogP contribution in [0.25, 0.3) is 0 Å². The number of aryl methyl sites for hydroxylation is 3. The van der Waals surface area contributed by atoms with Crippen LogP contribution in [0, 0.1) is 0 Å². The van der Waals surface area contributed by atoms with Gasteiger partial charge in [-0.2, -0.15) is 9.40 Å². The number of benzene rings is 1. The minimum atomic E-state index is -3.51. The summed E-state index contributed by atoms with van der Waals surface area (Å²) in [4.78, 5) is 18.3. The van der Waals surface area contributed by atoms with E-state index in [1.54, 1.807) is 22.0 Å². The minimum absolute atomic E-state index is 0.0140. The average molecular weight is 389 g/mol. The second-order valence-electron chi connectivity index (χ2n) is 6.98. The normalized spacial score (nSPS) is 17.9. The third-order valence-corrected chi connectivity index (χ3v) is 7.22. The van der Waals surface area contributed by atoms with Gasteiger partial charge in [-0.25, -0.2) is 13.4 Å². The van der Waals surface area contributed by atoms with Crippen LogP contribution in [0.1, 0.15) is 24.0 Å². The Balaban J connectivity index is 1.36. The van der Waals surface area contributed by atoms with Crippen LogP contribution in [-0.4, -0.2) is 64.5 Å². The van der Waals surface area contributed by atoms with Gasteiger partial charge in [0.15, 0.2) is 0 Å². The predicted octanol–water partition coefficient (Wildman–Crippen LogP) is 0.690. The minimum Gasteiger partial charge on any atom is -0.340 e. The zero-order chi connectivity index (χ0) is 18.9. The molecule has 0 radical (unpaired) electrons. The molecule has 0 bridgehead atoms. The Morgan fingerprint density at radius 3 is 2.59 bits per heavy atom. The molecule has 8 nitrogen and oxygen atoms in total. The maximum Gasteiger partial charge on any atom is 0.243 e. The lowest BCUT2D eigenvalue weighted by molar-refractivity contribution is -0.132. The molecular weight excluding hydrogens is 366 g/mol. The van der Waals surface area contributed by atoms with Gasteiger partial charge in [-0.15, -0.1) is 0 Å². The lowest BCUT2D eigenvalue weighted by Crippen LogP contribution is -2.50. The van der Waals surface area contributed by atoms with Crippen molar-refractivity contribution in [2.45, 2.75) is 37.1 Å². The van der Waals surface area contributed by atoms with Crippen molar-refractivity contribution in [1.82, 2.24) is 24.0 Å². The molecule has 9 heteroatoms. The Morgan fingerprint density at radius 2 is 1.85 bits per heavy atom. The molecule has 0 atom stereocenters. The summed E-state index contributed by atoms with van der Waals surface area (Å²) >= 11 is 0. The second-order valence-corrected chi connectivity index (χ2v) is 8.92. The van der Waals surface area contributed by atoms with Crippen LogP contribution in [0.2, 0.25) is 0 Å². The van der Waals surface area contributed by atoms with E-state index in [0.29, 0.717) is 44.0 Å². The maximum atomic E-state index is 12.9. The fourth-order valence-electron chi connectivity index (χ4n) is 3.75. The zero-order valence-corrected chi connectivity index (χ0v) is 15.9. The molecule has 2 aromatic rings. The SMILES string of the molecule is O=C(CCn1cncn1)N1CCN(S(=O)(=O)c2ccc3c(c2)CCC3)CC1. The first-order valence-electron chi connectivity index (χ1n) is 9.26. The summed E-state index contributed by atoms with van der Waals surface area (Å²) in [5, 5.41) is 3.98. The number of aromatic nitrogens is 3. The topological polar surface area (TPSA) is 88.4 Å². The lowest BCUT2D eigenvalue weighted by Gasteiger charge is -2.34. The Bertz CT molecular complexity index is 918. The van der Waals surface area contributed by atoms with Crippen LogP contribution in [0.3, 0.4) is 0 Å². The molecule has 1 aliphatic heterocycles. The number of sulfonamides is 1. The average Bonchev–Trinajstić information content (AvgIpc) is 3.37. The quantitative estimate of drug-likeness (QED) is 0.751. The lowest BCUT2D eigenvalue weighted by atomic mass is 10.1. The van der Waals surface area contributed by atoms with Crippen LogP contribution in [0.4, 0.5) is 0 Å². The van der Waals surface area contributed by atoms with Gasteiger partial charge in [-0.05, 0) is 42.5 Å². The number of nitrogens with zero attached hydrogens (tertiary/aromatic N) is 5. The highest BCUT2D eigenvalue weighted by atomic mass is 32.2. The molecule has 2 aliphatic rings. The molecule has 0 saturated carbocycles. The van der Waals surface area contributed by atoms with E-state index in [0.717, 1.165) is 24.8 Å². The fourth-order valence-corrected chi connectivity index (χ4v) is 5.23. The number of carbonyl (C=O) groups excluding carboxylic acids is 1. The first-order valence-corrected chi connectivity index (χ1v) is 10.7. The Labute approximate surface area is 158 Å². The van der Waals surface area contributed by atoms with Crippen molar-refractivity contribution in [1.29, 1.82) is 0 Å². The van der Waals surface area contributed by atoms with E-state index >= 15 is 0 Å². The highest BCUT2D eigenvalue weighted by Crippen LogP contribution is 2.26. The second kappa shape index (κ2) is 7.40. The third kappa shape index (κ3) is 3.74. The molecule has 27 heavy (non-hydrogen) atoms. The largest absolute Gasteiger partial charge is 0.340 e. The van der Waals surface area contributed by atoms with E-state index in [2.05, 4.69) is 10.1 Å². The first-order chi connectivity index (χ1) is 13.0. The fraction of sp³-hybridized carbons (Fsp3) is 0.500.